The first-order chi connectivity index (χ1) is 16.2. The van der Waals surface area contributed by atoms with Gasteiger partial charge in [0.25, 0.3) is 5.91 Å². The minimum Gasteiger partial charge on any atom is -0.463 e. The smallest absolute Gasteiger partial charge is 0.257 e. The number of aromatic nitrogens is 2. The van der Waals surface area contributed by atoms with Gasteiger partial charge in [0.1, 0.15) is 16.4 Å². The molecule has 1 N–H and O–H groups in total. The largest absolute Gasteiger partial charge is 0.463 e. The van der Waals surface area contributed by atoms with Gasteiger partial charge in [-0.2, -0.15) is 0 Å². The van der Waals surface area contributed by atoms with E-state index in [1.165, 1.54) is 12.7 Å². The van der Waals surface area contributed by atoms with Gasteiger partial charge in [-0.05, 0) is 43.5 Å². The highest BCUT2D eigenvalue weighted by molar-refractivity contribution is 7.18. The summed E-state index contributed by atoms with van der Waals surface area (Å²) in [6, 6.07) is 16.0. The lowest BCUT2D eigenvalue weighted by Crippen LogP contribution is -2.30. The fourth-order valence-electron chi connectivity index (χ4n) is 3.85. The third-order valence-electron chi connectivity index (χ3n) is 5.53. The maximum atomic E-state index is 13.2. The second-order valence-corrected chi connectivity index (χ2v) is 8.77. The number of piperidine rings is 1. The molecule has 1 aliphatic heterocycles. The molecule has 0 bridgehead atoms. The summed E-state index contributed by atoms with van der Waals surface area (Å²) in [6.45, 7) is 1.89. The Hall–Kier alpha value is -3.78. The molecule has 8 heteroatoms. The van der Waals surface area contributed by atoms with Crippen LogP contribution >= 0.6 is 11.3 Å². The molecule has 1 aromatic carbocycles. The minimum absolute atomic E-state index is 0.170. The topological polar surface area (TPSA) is 88.3 Å². The number of rotatable bonds is 6. The third-order valence-corrected chi connectivity index (χ3v) is 6.50. The Balaban J connectivity index is 1.42. The van der Waals surface area contributed by atoms with E-state index in [0.717, 1.165) is 43.1 Å². The number of furan rings is 1. The molecule has 1 amide bonds. The van der Waals surface area contributed by atoms with Crippen LogP contribution in [0, 0.1) is 0 Å². The van der Waals surface area contributed by atoms with Crippen LogP contribution in [0.3, 0.4) is 0 Å². The fourth-order valence-corrected chi connectivity index (χ4v) is 4.78. The van der Waals surface area contributed by atoms with E-state index in [2.05, 4.69) is 20.2 Å². The summed E-state index contributed by atoms with van der Waals surface area (Å²) in [4.78, 5) is 37.7. The van der Waals surface area contributed by atoms with E-state index < -0.39 is 0 Å². The molecule has 0 unspecified atom stereocenters. The molecular weight excluding hydrogens is 436 g/mol. The number of ketones is 1. The van der Waals surface area contributed by atoms with Crippen LogP contribution in [-0.4, -0.2) is 34.7 Å². The predicted octanol–water partition coefficient (Wildman–Crippen LogP) is 5.27. The van der Waals surface area contributed by atoms with Gasteiger partial charge >= 0.3 is 0 Å². The number of amides is 1. The maximum Gasteiger partial charge on any atom is 0.257 e. The van der Waals surface area contributed by atoms with Crippen LogP contribution < -0.4 is 10.2 Å². The average molecular weight is 459 g/mol. The summed E-state index contributed by atoms with van der Waals surface area (Å²) in [6.07, 6.45) is 6.67. The van der Waals surface area contributed by atoms with Gasteiger partial charge in [-0.3, -0.25) is 14.9 Å². The highest BCUT2D eigenvalue weighted by Crippen LogP contribution is 2.33. The van der Waals surface area contributed by atoms with Crippen molar-refractivity contribution in [1.29, 1.82) is 0 Å². The summed E-state index contributed by atoms with van der Waals surface area (Å²) in [7, 11) is 0. The lowest BCUT2D eigenvalue weighted by molar-refractivity contribution is 0.102. The molecule has 5 rings (SSSR count). The van der Waals surface area contributed by atoms with Crippen LogP contribution in [0.4, 0.5) is 10.9 Å². The Bertz CT molecular complexity index is 1260. The van der Waals surface area contributed by atoms with E-state index in [1.54, 1.807) is 42.6 Å². The van der Waals surface area contributed by atoms with Crippen LogP contribution in [0.5, 0.6) is 0 Å². The van der Waals surface area contributed by atoms with Crippen LogP contribution in [-0.2, 0) is 0 Å². The van der Waals surface area contributed by atoms with Crippen LogP contribution in [0.15, 0.2) is 71.5 Å². The van der Waals surface area contributed by atoms with Crippen molar-refractivity contribution in [3.8, 4) is 11.5 Å². The summed E-state index contributed by atoms with van der Waals surface area (Å²) in [5, 5.41) is 3.18. The fraction of sp³-hybridized carbons (Fsp3) is 0.200. The molecule has 4 aromatic rings. The molecule has 33 heavy (non-hydrogen) atoms. The summed E-state index contributed by atoms with van der Waals surface area (Å²) in [5.74, 6) is 0.811. The third kappa shape index (κ3) is 4.56. The monoisotopic (exact) mass is 458 g/mol. The zero-order valence-electron chi connectivity index (χ0n) is 17.9. The Kier molecular flexibility index (Phi) is 5.99. The summed E-state index contributed by atoms with van der Waals surface area (Å²) >= 11 is 1.14. The van der Waals surface area contributed by atoms with Gasteiger partial charge in [-0.25, -0.2) is 9.97 Å². The van der Waals surface area contributed by atoms with E-state index in [1.807, 2.05) is 18.2 Å². The lowest BCUT2D eigenvalue weighted by atomic mass is 10.1. The minimum atomic E-state index is -0.297. The normalized spacial score (nSPS) is 13.6. The number of pyridine rings is 1. The first-order valence-corrected chi connectivity index (χ1v) is 11.7. The summed E-state index contributed by atoms with van der Waals surface area (Å²) in [5.41, 5.74) is 1.46. The lowest BCUT2D eigenvalue weighted by Gasteiger charge is -2.27. The molecule has 0 aliphatic carbocycles. The van der Waals surface area contributed by atoms with Crippen molar-refractivity contribution in [2.45, 2.75) is 19.3 Å². The first-order valence-electron chi connectivity index (χ1n) is 10.9. The van der Waals surface area contributed by atoms with Crippen molar-refractivity contribution < 1.29 is 14.0 Å². The molecule has 166 valence electrons. The van der Waals surface area contributed by atoms with E-state index in [9.17, 15) is 9.59 Å². The molecule has 7 nitrogen and oxygen atoms in total. The molecule has 4 heterocycles. The van der Waals surface area contributed by atoms with E-state index in [-0.39, 0.29) is 11.7 Å². The van der Waals surface area contributed by atoms with Crippen molar-refractivity contribution in [3.63, 3.8) is 0 Å². The number of thiazole rings is 1. The highest BCUT2D eigenvalue weighted by Gasteiger charge is 2.23. The van der Waals surface area contributed by atoms with Crippen molar-refractivity contribution in [3.05, 3.63) is 83.1 Å². The molecule has 0 spiro atoms. The van der Waals surface area contributed by atoms with Crippen molar-refractivity contribution in [2.24, 2.45) is 0 Å². The molecule has 3 aromatic heterocycles. The number of carbonyl (C=O) groups excluding carboxylic acids is 2. The van der Waals surface area contributed by atoms with Crippen molar-refractivity contribution in [1.82, 2.24) is 9.97 Å². The number of hydrogen-bond donors (Lipinski definition) is 1. The number of benzene rings is 1. The molecule has 0 atom stereocenters. The second kappa shape index (κ2) is 9.38. The van der Waals surface area contributed by atoms with Gasteiger partial charge in [0.05, 0.1) is 6.26 Å². The number of hydrogen-bond acceptors (Lipinski definition) is 7. The molecule has 0 radical (unpaired) electrons. The Morgan fingerprint density at radius 3 is 2.55 bits per heavy atom. The number of anilines is 2. The van der Waals surface area contributed by atoms with Crippen LogP contribution in [0.1, 0.15) is 44.9 Å². The Morgan fingerprint density at radius 1 is 0.970 bits per heavy atom. The molecule has 0 saturated carbocycles. The predicted molar refractivity (Wildman–Crippen MR) is 128 cm³/mol. The van der Waals surface area contributed by atoms with Crippen molar-refractivity contribution >= 4 is 34.0 Å². The second-order valence-electron chi connectivity index (χ2n) is 7.77. The summed E-state index contributed by atoms with van der Waals surface area (Å²) < 4.78 is 5.50. The Labute approximate surface area is 195 Å². The quantitative estimate of drug-likeness (QED) is 0.396. The average Bonchev–Trinajstić information content (AvgIpc) is 3.55. The van der Waals surface area contributed by atoms with Crippen LogP contribution in [0.2, 0.25) is 0 Å². The van der Waals surface area contributed by atoms with E-state index in [4.69, 9.17) is 4.42 Å². The van der Waals surface area contributed by atoms with Gasteiger partial charge in [0.2, 0.25) is 5.78 Å². The molecule has 1 fully saturated rings. The molecular formula is C25H22N4O3S. The van der Waals surface area contributed by atoms with Crippen molar-refractivity contribution in [2.75, 3.05) is 23.3 Å². The first kappa shape index (κ1) is 21.1. The van der Waals surface area contributed by atoms with E-state index >= 15 is 0 Å². The van der Waals surface area contributed by atoms with E-state index in [0.29, 0.717) is 32.6 Å². The highest BCUT2D eigenvalue weighted by atomic mass is 32.1. The van der Waals surface area contributed by atoms with Gasteiger partial charge in [-0.15, -0.1) is 0 Å². The molecule has 1 aliphatic rings. The maximum absolute atomic E-state index is 13.2. The number of nitrogens with zero attached hydrogens (tertiary/aromatic N) is 3. The van der Waals surface area contributed by atoms with Gasteiger partial charge in [0.15, 0.2) is 10.9 Å². The number of nitrogens with one attached hydrogen (secondary N) is 1. The van der Waals surface area contributed by atoms with Gasteiger partial charge in [0, 0.05) is 30.4 Å². The Morgan fingerprint density at radius 2 is 1.79 bits per heavy atom. The molecule has 1 saturated heterocycles. The standard InChI is InChI=1S/C25H22N4O3S/c30-22(17-8-3-1-4-9-17)23-21(19-10-7-15-32-19)27-25(33-23)28-24(31)18-11-12-26-20(16-18)29-13-5-2-6-14-29/h1,3-4,7-12,15-16H,2,5-6,13-14H2,(H,27,28,31). The van der Waals surface area contributed by atoms with Crippen LogP contribution in [0.25, 0.3) is 11.5 Å². The SMILES string of the molecule is O=C(Nc1nc(-c2ccco2)c(C(=O)c2ccccc2)s1)c1ccnc(N2CCCCC2)c1. The van der Waals surface area contributed by atoms with Gasteiger partial charge in [-0.1, -0.05) is 41.7 Å². The zero-order chi connectivity index (χ0) is 22.6. The zero-order valence-corrected chi connectivity index (χ0v) is 18.7. The number of carbonyl (C=O) groups is 2. The van der Waals surface area contributed by atoms with Gasteiger partial charge < -0.3 is 9.32 Å².